The number of nitrogens with zero attached hydrogens (tertiary/aromatic N) is 4. The molecule has 11 heteroatoms. The molecule has 2 aliphatic carbocycles. The first-order valence-electron chi connectivity index (χ1n) is 13.7. The number of sulfone groups is 1. The van der Waals surface area contributed by atoms with Gasteiger partial charge in [0.25, 0.3) is 5.92 Å². The molecule has 2 aromatic rings. The fraction of sp³-hybridized carbons (Fsp3) is 0.607. The van der Waals surface area contributed by atoms with Gasteiger partial charge < -0.3 is 9.80 Å². The molecule has 0 bridgehead atoms. The lowest BCUT2D eigenvalue weighted by atomic mass is 9.73. The van der Waals surface area contributed by atoms with Crippen LogP contribution in [0, 0.1) is 22.7 Å². The molecular formula is C28H32F2N4O3S2. The van der Waals surface area contributed by atoms with Crippen LogP contribution in [0.2, 0.25) is 0 Å². The lowest BCUT2D eigenvalue weighted by molar-refractivity contribution is -0.125. The Morgan fingerprint density at radius 3 is 2.36 bits per heavy atom. The third kappa shape index (κ3) is 5.42. The number of halogens is 2. The number of carbonyl (C=O) groups is 1. The number of aromatic nitrogens is 1. The lowest BCUT2D eigenvalue weighted by Gasteiger charge is -2.38. The highest BCUT2D eigenvalue weighted by Crippen LogP contribution is 2.52. The summed E-state index contributed by atoms with van der Waals surface area (Å²) in [5.74, 6) is -2.62. The van der Waals surface area contributed by atoms with E-state index in [0.717, 1.165) is 60.3 Å². The summed E-state index contributed by atoms with van der Waals surface area (Å²) in [5, 5.41) is 10.1. The van der Waals surface area contributed by atoms with E-state index in [0.29, 0.717) is 18.2 Å². The summed E-state index contributed by atoms with van der Waals surface area (Å²) >= 11 is 1.40. The molecule has 208 valence electrons. The molecular weight excluding hydrogens is 542 g/mol. The molecule has 2 aliphatic heterocycles. The summed E-state index contributed by atoms with van der Waals surface area (Å²) in [6, 6.07) is 10.3. The zero-order valence-electron chi connectivity index (χ0n) is 21.7. The van der Waals surface area contributed by atoms with Crippen LogP contribution in [0.25, 0.3) is 10.4 Å². The van der Waals surface area contributed by atoms with Crippen LogP contribution in [0.1, 0.15) is 56.6 Å². The Morgan fingerprint density at radius 1 is 1.08 bits per heavy atom. The molecule has 7 nitrogen and oxygen atoms in total. The predicted molar refractivity (Wildman–Crippen MR) is 147 cm³/mol. The van der Waals surface area contributed by atoms with E-state index in [1.807, 2.05) is 24.3 Å². The number of carbonyl (C=O) groups excluding carboxylic acids is 1. The molecule has 0 radical (unpaired) electrons. The van der Waals surface area contributed by atoms with E-state index in [1.165, 1.54) is 11.3 Å². The predicted octanol–water partition coefficient (Wildman–Crippen LogP) is 5.04. The molecule has 2 saturated carbocycles. The fourth-order valence-electron chi connectivity index (χ4n) is 6.14. The lowest BCUT2D eigenvalue weighted by Crippen LogP contribution is -2.56. The number of thiazole rings is 1. The maximum absolute atomic E-state index is 13.7. The van der Waals surface area contributed by atoms with Gasteiger partial charge in [-0.05, 0) is 43.4 Å². The first-order valence-corrected chi connectivity index (χ1v) is 16.3. The molecule has 0 amide bonds. The van der Waals surface area contributed by atoms with Crippen LogP contribution >= 0.6 is 11.3 Å². The SMILES string of the molecule is N#CC1(CC(=O)[C@@H]2CCCC[C@H]2c2nc(N3CC(F)(F)C3)sc2-c2ccc(N3CCS(=O)(=O)CC3)cc2)CC1. The monoisotopic (exact) mass is 574 g/mol. The molecule has 0 spiro atoms. The maximum atomic E-state index is 13.7. The van der Waals surface area contributed by atoms with E-state index in [9.17, 15) is 27.3 Å². The van der Waals surface area contributed by atoms with Crippen molar-refractivity contribution in [2.75, 3.05) is 47.5 Å². The Bertz CT molecular complexity index is 1390. The Labute approximate surface area is 231 Å². The normalized spacial score (nSPS) is 26.9. The highest BCUT2D eigenvalue weighted by Gasteiger charge is 2.48. The van der Waals surface area contributed by atoms with Gasteiger partial charge in [0.15, 0.2) is 15.0 Å². The van der Waals surface area contributed by atoms with Gasteiger partial charge in [0.1, 0.15) is 5.78 Å². The van der Waals surface area contributed by atoms with Gasteiger partial charge in [0.05, 0.1) is 46.7 Å². The van der Waals surface area contributed by atoms with Crippen LogP contribution in [-0.2, 0) is 14.6 Å². The minimum atomic E-state index is -2.98. The number of nitriles is 1. The van der Waals surface area contributed by atoms with Crippen LogP contribution in [0.4, 0.5) is 19.6 Å². The summed E-state index contributed by atoms with van der Waals surface area (Å²) in [6.45, 7) is 0.204. The van der Waals surface area contributed by atoms with Gasteiger partial charge in [-0.25, -0.2) is 22.2 Å². The molecule has 0 unspecified atom stereocenters. The average Bonchev–Trinajstić information content (AvgIpc) is 3.54. The van der Waals surface area contributed by atoms with Crippen molar-refractivity contribution in [3.8, 4) is 16.5 Å². The van der Waals surface area contributed by atoms with Gasteiger partial charge in [-0.2, -0.15) is 5.26 Å². The van der Waals surface area contributed by atoms with Crippen molar-refractivity contribution < 1.29 is 22.0 Å². The summed E-state index contributed by atoms with van der Waals surface area (Å²) in [6.07, 6.45) is 5.34. The third-order valence-corrected chi connectivity index (χ3v) is 11.5. The number of hydrogen-bond donors (Lipinski definition) is 0. The van der Waals surface area contributed by atoms with Gasteiger partial charge >= 0.3 is 0 Å². The molecule has 1 aromatic heterocycles. The molecule has 0 N–H and O–H groups in total. The zero-order chi connectivity index (χ0) is 27.4. The van der Waals surface area contributed by atoms with Crippen LogP contribution in [0.3, 0.4) is 0 Å². The number of benzene rings is 1. The zero-order valence-corrected chi connectivity index (χ0v) is 23.4. The number of rotatable bonds is 7. The van der Waals surface area contributed by atoms with Crippen molar-refractivity contribution in [2.45, 2.75) is 56.8 Å². The summed E-state index contributed by atoms with van der Waals surface area (Å²) < 4.78 is 51.1. The molecule has 2 atom stereocenters. The first kappa shape index (κ1) is 26.6. The smallest absolute Gasteiger partial charge is 0.282 e. The van der Waals surface area contributed by atoms with E-state index in [4.69, 9.17) is 4.98 Å². The highest BCUT2D eigenvalue weighted by molar-refractivity contribution is 7.91. The number of hydrogen-bond acceptors (Lipinski definition) is 8. The van der Waals surface area contributed by atoms with Gasteiger partial charge in [0.2, 0.25) is 0 Å². The Hall–Kier alpha value is -2.58. The second-order valence-corrected chi connectivity index (χ2v) is 14.9. The molecule has 3 heterocycles. The van der Waals surface area contributed by atoms with Crippen molar-refractivity contribution >= 4 is 37.8 Å². The topological polar surface area (TPSA) is 94.4 Å². The highest BCUT2D eigenvalue weighted by atomic mass is 32.2. The third-order valence-electron chi connectivity index (χ3n) is 8.73. The molecule has 2 saturated heterocycles. The number of anilines is 2. The Kier molecular flexibility index (Phi) is 6.70. The van der Waals surface area contributed by atoms with Crippen molar-refractivity contribution in [1.29, 1.82) is 5.26 Å². The summed E-state index contributed by atoms with van der Waals surface area (Å²) in [7, 11) is -2.98. The van der Waals surface area contributed by atoms with Crippen molar-refractivity contribution in [3.05, 3.63) is 30.0 Å². The van der Waals surface area contributed by atoms with Gasteiger partial charge in [-0.3, -0.25) is 4.79 Å². The van der Waals surface area contributed by atoms with E-state index in [-0.39, 0.29) is 48.6 Å². The van der Waals surface area contributed by atoms with Gasteiger partial charge in [-0.15, -0.1) is 0 Å². The van der Waals surface area contributed by atoms with E-state index in [1.54, 1.807) is 4.90 Å². The van der Waals surface area contributed by atoms with Crippen LogP contribution < -0.4 is 9.80 Å². The Balaban J connectivity index is 1.30. The second-order valence-electron chi connectivity index (χ2n) is 11.6. The molecule has 6 rings (SSSR count). The number of ketones is 1. The van der Waals surface area contributed by atoms with E-state index < -0.39 is 21.2 Å². The van der Waals surface area contributed by atoms with Crippen molar-refractivity contribution in [1.82, 2.24) is 4.98 Å². The van der Waals surface area contributed by atoms with Crippen LogP contribution in [0.5, 0.6) is 0 Å². The molecule has 4 fully saturated rings. The molecule has 39 heavy (non-hydrogen) atoms. The minimum Gasteiger partial charge on any atom is -0.369 e. The Morgan fingerprint density at radius 2 is 1.74 bits per heavy atom. The summed E-state index contributed by atoms with van der Waals surface area (Å²) in [5.41, 5.74) is 2.17. The van der Waals surface area contributed by atoms with Gasteiger partial charge in [0, 0.05) is 37.0 Å². The van der Waals surface area contributed by atoms with Crippen molar-refractivity contribution in [2.24, 2.45) is 11.3 Å². The largest absolute Gasteiger partial charge is 0.369 e. The van der Waals surface area contributed by atoms with E-state index in [2.05, 4.69) is 11.0 Å². The average molecular weight is 575 g/mol. The number of Topliss-reactive ketones (excluding diaryl/α,β-unsaturated/α-hetero) is 1. The first-order chi connectivity index (χ1) is 18.6. The second kappa shape index (κ2) is 9.81. The maximum Gasteiger partial charge on any atom is 0.282 e. The summed E-state index contributed by atoms with van der Waals surface area (Å²) in [4.78, 5) is 22.9. The molecule has 4 aliphatic rings. The van der Waals surface area contributed by atoms with Crippen LogP contribution in [-0.4, -0.2) is 62.8 Å². The standard InChI is InChI=1S/C28H32F2N4O3S2/c29-28(30)17-34(18-28)26-32-24(22-4-2-1-3-21(22)23(35)15-27(16-31)9-10-27)25(38-26)19-5-7-20(8-6-19)33-11-13-39(36,37)14-12-33/h5-8,21-22H,1-4,9-15,17-18H2/t21-,22-/m1/s1. The van der Waals surface area contributed by atoms with Crippen molar-refractivity contribution in [3.63, 3.8) is 0 Å². The quantitative estimate of drug-likeness (QED) is 0.458. The van der Waals surface area contributed by atoms with Crippen LogP contribution in [0.15, 0.2) is 24.3 Å². The fourth-order valence-corrected chi connectivity index (χ4v) is 8.48. The van der Waals surface area contributed by atoms with Gasteiger partial charge in [-0.1, -0.05) is 36.3 Å². The minimum absolute atomic E-state index is 0.102. The molecule has 1 aromatic carbocycles. The van der Waals surface area contributed by atoms with E-state index >= 15 is 0 Å². The number of alkyl halides is 2.